The molecule has 1 amide bonds. The van der Waals surface area contributed by atoms with Crippen molar-refractivity contribution in [3.05, 3.63) is 0 Å². The second-order valence-corrected chi connectivity index (χ2v) is 4.31. The van der Waals surface area contributed by atoms with Crippen molar-refractivity contribution in [2.45, 2.75) is 39.0 Å². The molecule has 1 unspecified atom stereocenters. The quantitative estimate of drug-likeness (QED) is 0.770. The van der Waals surface area contributed by atoms with E-state index in [-0.39, 0.29) is 12.3 Å². The maximum absolute atomic E-state index is 11.6. The molecule has 0 saturated carbocycles. The van der Waals surface area contributed by atoms with Crippen LogP contribution in [-0.2, 0) is 9.59 Å². The second-order valence-electron chi connectivity index (χ2n) is 4.31. The van der Waals surface area contributed by atoms with Crippen LogP contribution in [-0.4, -0.2) is 35.0 Å². The van der Waals surface area contributed by atoms with Gasteiger partial charge in [0.05, 0.1) is 0 Å². The van der Waals surface area contributed by atoms with E-state index >= 15 is 0 Å². The van der Waals surface area contributed by atoms with Gasteiger partial charge < -0.3 is 10.0 Å². The smallest absolute Gasteiger partial charge is 0.303 e. The Bertz CT molecular complexity index is 240. The first-order valence-electron chi connectivity index (χ1n) is 5.59. The number of rotatable bonds is 4. The van der Waals surface area contributed by atoms with Crippen LogP contribution in [0.5, 0.6) is 0 Å². The van der Waals surface area contributed by atoms with Crippen LogP contribution in [0.3, 0.4) is 0 Å². The van der Waals surface area contributed by atoms with Crippen LogP contribution in [0.25, 0.3) is 0 Å². The van der Waals surface area contributed by atoms with E-state index in [0.29, 0.717) is 25.3 Å². The molecule has 0 aromatic rings. The lowest BCUT2D eigenvalue weighted by Gasteiger charge is -2.20. The van der Waals surface area contributed by atoms with Crippen molar-refractivity contribution in [3.63, 3.8) is 0 Å². The third-order valence-electron chi connectivity index (χ3n) is 2.91. The lowest BCUT2D eigenvalue weighted by atomic mass is 10.0. The highest BCUT2D eigenvalue weighted by Crippen LogP contribution is 2.17. The van der Waals surface area contributed by atoms with Crippen LogP contribution >= 0.6 is 0 Å². The number of amides is 1. The first-order chi connectivity index (χ1) is 7.09. The molecule has 1 rings (SSSR count). The van der Waals surface area contributed by atoms with E-state index in [1.54, 1.807) is 0 Å². The molecule has 86 valence electrons. The number of carbonyl (C=O) groups is 2. The Morgan fingerprint density at radius 3 is 2.93 bits per heavy atom. The number of hydrogen-bond acceptors (Lipinski definition) is 2. The fraction of sp³-hybridized carbons (Fsp3) is 0.818. The molecule has 1 aliphatic heterocycles. The number of likely N-dealkylation sites (tertiary alicyclic amines) is 1. The zero-order chi connectivity index (χ0) is 11.3. The monoisotopic (exact) mass is 213 g/mol. The Hall–Kier alpha value is -1.06. The topological polar surface area (TPSA) is 57.6 Å². The number of hydrogen-bond donors (Lipinski definition) is 1. The van der Waals surface area contributed by atoms with Crippen molar-refractivity contribution >= 4 is 11.9 Å². The molecule has 1 aliphatic rings. The number of nitrogens with zero attached hydrogens (tertiary/aromatic N) is 1. The van der Waals surface area contributed by atoms with Crippen molar-refractivity contribution in [2.24, 2.45) is 5.92 Å². The molecule has 4 nitrogen and oxygen atoms in total. The minimum absolute atomic E-state index is 0.152. The molecule has 0 spiro atoms. The van der Waals surface area contributed by atoms with Crippen LogP contribution < -0.4 is 0 Å². The van der Waals surface area contributed by atoms with Crippen LogP contribution in [0.2, 0.25) is 0 Å². The van der Waals surface area contributed by atoms with Gasteiger partial charge in [0, 0.05) is 25.9 Å². The van der Waals surface area contributed by atoms with Gasteiger partial charge in [-0.2, -0.15) is 0 Å². The van der Waals surface area contributed by atoms with Crippen LogP contribution in [0, 0.1) is 5.92 Å². The summed E-state index contributed by atoms with van der Waals surface area (Å²) in [5.41, 5.74) is 0. The number of carbonyl (C=O) groups excluding carboxylic acids is 1. The SMILES string of the molecule is CC1CCC(=O)N(CCCC(=O)O)CC1. The lowest BCUT2D eigenvalue weighted by molar-refractivity contribution is -0.138. The molecule has 0 radical (unpaired) electrons. The van der Waals surface area contributed by atoms with E-state index in [2.05, 4.69) is 6.92 Å². The van der Waals surface area contributed by atoms with Crippen LogP contribution in [0.4, 0.5) is 0 Å². The summed E-state index contributed by atoms with van der Waals surface area (Å²) in [4.78, 5) is 23.8. The minimum atomic E-state index is -0.786. The highest BCUT2D eigenvalue weighted by Gasteiger charge is 2.19. The Balaban J connectivity index is 2.32. The molecule has 15 heavy (non-hydrogen) atoms. The first kappa shape index (κ1) is 12.0. The van der Waals surface area contributed by atoms with Crippen molar-refractivity contribution in [1.82, 2.24) is 4.90 Å². The average molecular weight is 213 g/mol. The van der Waals surface area contributed by atoms with Gasteiger partial charge in [-0.1, -0.05) is 6.92 Å². The third kappa shape index (κ3) is 4.32. The van der Waals surface area contributed by atoms with E-state index in [1.165, 1.54) is 0 Å². The van der Waals surface area contributed by atoms with Crippen molar-refractivity contribution in [1.29, 1.82) is 0 Å². The molecule has 4 heteroatoms. The largest absolute Gasteiger partial charge is 0.481 e. The lowest BCUT2D eigenvalue weighted by Crippen LogP contribution is -2.31. The van der Waals surface area contributed by atoms with E-state index in [1.807, 2.05) is 4.90 Å². The molecule has 0 aromatic carbocycles. The van der Waals surface area contributed by atoms with Crippen molar-refractivity contribution < 1.29 is 14.7 Å². The normalized spacial score (nSPS) is 22.6. The Kier molecular flexibility index (Phi) is 4.59. The first-order valence-corrected chi connectivity index (χ1v) is 5.59. The van der Waals surface area contributed by atoms with Gasteiger partial charge in [-0.05, 0) is 25.2 Å². The zero-order valence-corrected chi connectivity index (χ0v) is 9.24. The molecule has 0 bridgehead atoms. The average Bonchev–Trinajstić information content (AvgIpc) is 2.32. The van der Waals surface area contributed by atoms with E-state index in [4.69, 9.17) is 5.11 Å². The van der Waals surface area contributed by atoms with E-state index in [9.17, 15) is 9.59 Å². The summed E-state index contributed by atoms with van der Waals surface area (Å²) in [5, 5.41) is 8.50. The van der Waals surface area contributed by atoms with Gasteiger partial charge in [0.2, 0.25) is 5.91 Å². The summed E-state index contributed by atoms with van der Waals surface area (Å²) in [5.74, 6) is 0.00815. The predicted octanol–water partition coefficient (Wildman–Crippen LogP) is 1.50. The second kappa shape index (κ2) is 5.73. The Morgan fingerprint density at radius 1 is 1.53 bits per heavy atom. The maximum atomic E-state index is 11.6. The van der Waals surface area contributed by atoms with Gasteiger partial charge in [0.1, 0.15) is 0 Å². The third-order valence-corrected chi connectivity index (χ3v) is 2.91. The molecule has 1 atom stereocenters. The summed E-state index contributed by atoms with van der Waals surface area (Å²) in [6.07, 6.45) is 3.34. The zero-order valence-electron chi connectivity index (χ0n) is 9.24. The van der Waals surface area contributed by atoms with Gasteiger partial charge in [-0.15, -0.1) is 0 Å². The minimum Gasteiger partial charge on any atom is -0.481 e. The number of carboxylic acid groups (broad SMARTS) is 1. The molecular formula is C11H19NO3. The molecule has 0 aliphatic carbocycles. The predicted molar refractivity (Wildman–Crippen MR) is 56.5 cm³/mol. The van der Waals surface area contributed by atoms with Crippen LogP contribution in [0.1, 0.15) is 39.0 Å². The molecule has 1 fully saturated rings. The highest BCUT2D eigenvalue weighted by molar-refractivity contribution is 5.76. The molecule has 1 saturated heterocycles. The summed E-state index contributed by atoms with van der Waals surface area (Å²) < 4.78 is 0. The fourth-order valence-electron chi connectivity index (χ4n) is 1.83. The van der Waals surface area contributed by atoms with E-state index in [0.717, 1.165) is 19.4 Å². The van der Waals surface area contributed by atoms with Gasteiger partial charge >= 0.3 is 5.97 Å². The fourth-order valence-corrected chi connectivity index (χ4v) is 1.83. The van der Waals surface area contributed by atoms with Gasteiger partial charge in [-0.3, -0.25) is 9.59 Å². The molecule has 0 aromatic heterocycles. The Labute approximate surface area is 90.3 Å². The van der Waals surface area contributed by atoms with E-state index < -0.39 is 5.97 Å². The maximum Gasteiger partial charge on any atom is 0.303 e. The van der Waals surface area contributed by atoms with Gasteiger partial charge in [0.15, 0.2) is 0 Å². The van der Waals surface area contributed by atoms with Gasteiger partial charge in [0.25, 0.3) is 0 Å². The number of aliphatic carboxylic acids is 1. The molecule has 1 N–H and O–H groups in total. The number of carboxylic acids is 1. The van der Waals surface area contributed by atoms with Crippen molar-refractivity contribution in [3.8, 4) is 0 Å². The van der Waals surface area contributed by atoms with Crippen molar-refractivity contribution in [2.75, 3.05) is 13.1 Å². The summed E-state index contributed by atoms with van der Waals surface area (Å²) in [6, 6.07) is 0. The Morgan fingerprint density at radius 2 is 2.27 bits per heavy atom. The van der Waals surface area contributed by atoms with Gasteiger partial charge in [-0.25, -0.2) is 0 Å². The summed E-state index contributed by atoms with van der Waals surface area (Å²) >= 11 is 0. The molecular weight excluding hydrogens is 194 g/mol. The van der Waals surface area contributed by atoms with Crippen LogP contribution in [0.15, 0.2) is 0 Å². The molecule has 1 heterocycles. The summed E-state index contributed by atoms with van der Waals surface area (Å²) in [7, 11) is 0. The summed E-state index contributed by atoms with van der Waals surface area (Å²) in [6.45, 7) is 3.55. The highest BCUT2D eigenvalue weighted by atomic mass is 16.4. The standard InChI is InChI=1S/C11H19NO3/c1-9-4-5-10(13)12(8-6-9)7-2-3-11(14)15/h9H,2-8H2,1H3,(H,14,15).